The van der Waals surface area contributed by atoms with E-state index in [4.69, 9.17) is 11.5 Å². The third-order valence-electron chi connectivity index (χ3n) is 4.66. The van der Waals surface area contributed by atoms with E-state index in [-0.39, 0.29) is 35.2 Å². The van der Waals surface area contributed by atoms with Crippen molar-refractivity contribution in [2.45, 2.75) is 13.1 Å². The van der Waals surface area contributed by atoms with E-state index in [1.807, 2.05) is 0 Å². The van der Waals surface area contributed by atoms with E-state index in [0.29, 0.717) is 5.56 Å². The lowest BCUT2D eigenvalue weighted by atomic mass is 10.0. The molecule has 6 nitrogen and oxygen atoms in total. The second-order valence-corrected chi connectivity index (χ2v) is 6.38. The molecular formula is C19H19F3N5O+. The number of carbonyl (C=O) groups excluding carboxylic acids is 1. The van der Waals surface area contributed by atoms with Gasteiger partial charge in [-0.25, -0.2) is 14.5 Å². The molecule has 1 atom stereocenters. The second kappa shape index (κ2) is 7.08. The Morgan fingerprint density at radius 2 is 1.86 bits per heavy atom. The highest BCUT2D eigenvalue weighted by molar-refractivity contribution is 6.05. The van der Waals surface area contributed by atoms with Crippen LogP contribution in [-0.4, -0.2) is 39.6 Å². The summed E-state index contributed by atoms with van der Waals surface area (Å²) in [5.41, 5.74) is 12.3. The molecular weight excluding hydrogens is 371 g/mol. The van der Waals surface area contributed by atoms with Gasteiger partial charge in [-0.15, -0.1) is 0 Å². The van der Waals surface area contributed by atoms with Crippen LogP contribution in [-0.2, 0) is 4.79 Å². The van der Waals surface area contributed by atoms with Gasteiger partial charge in [-0.1, -0.05) is 18.2 Å². The molecule has 0 saturated heterocycles. The van der Waals surface area contributed by atoms with Crippen LogP contribution in [0.25, 0.3) is 11.4 Å². The highest BCUT2D eigenvalue weighted by atomic mass is 19.4. The maximum absolute atomic E-state index is 13.7. The zero-order chi connectivity index (χ0) is 20.5. The number of quaternary nitrogens is 1. The number of hydrogen-bond acceptors (Lipinski definition) is 4. The number of nitrogens with zero attached hydrogens (tertiary/aromatic N) is 3. The number of rotatable bonds is 5. The quantitative estimate of drug-likeness (QED) is 0.768. The molecule has 1 aromatic carbocycles. The first kappa shape index (κ1) is 19.6. The standard InChI is InChI=1S/C19H18F3N5O/c1-2-27(11-19(20,21)22)15(14-8-9-25-18(24)26-14)10-13(17(23)28)16(27)12-6-4-3-5-7-12/h3-10H,2,11H2,1H3,(H3-,23,24,25,26,28)/p+1. The Morgan fingerprint density at radius 1 is 1.18 bits per heavy atom. The Morgan fingerprint density at radius 3 is 2.39 bits per heavy atom. The average molecular weight is 390 g/mol. The van der Waals surface area contributed by atoms with Crippen molar-refractivity contribution in [3.63, 3.8) is 0 Å². The number of nitrogen functional groups attached to an aromatic ring is 1. The van der Waals surface area contributed by atoms with Crippen LogP contribution in [0.3, 0.4) is 0 Å². The highest BCUT2D eigenvalue weighted by Gasteiger charge is 2.52. The normalized spacial score (nSPS) is 19.6. The number of nitrogens with two attached hydrogens (primary N) is 2. The van der Waals surface area contributed by atoms with Crippen LogP contribution in [0.5, 0.6) is 0 Å². The van der Waals surface area contributed by atoms with Gasteiger partial charge in [0, 0.05) is 17.8 Å². The number of amides is 1. The molecule has 0 radical (unpaired) electrons. The molecule has 0 aliphatic carbocycles. The average Bonchev–Trinajstić information content (AvgIpc) is 2.96. The number of halogens is 3. The third-order valence-corrected chi connectivity index (χ3v) is 4.66. The van der Waals surface area contributed by atoms with Crippen LogP contribution in [0.2, 0.25) is 0 Å². The largest absolute Gasteiger partial charge is 0.439 e. The number of hydrogen-bond donors (Lipinski definition) is 2. The van der Waals surface area contributed by atoms with Gasteiger partial charge >= 0.3 is 6.18 Å². The van der Waals surface area contributed by atoms with E-state index in [2.05, 4.69) is 9.97 Å². The smallest absolute Gasteiger partial charge is 0.368 e. The molecule has 0 saturated carbocycles. The molecule has 146 valence electrons. The van der Waals surface area contributed by atoms with Gasteiger partial charge in [-0.3, -0.25) is 4.79 Å². The molecule has 9 heteroatoms. The molecule has 0 fully saturated rings. The van der Waals surface area contributed by atoms with E-state index in [0.717, 1.165) is 0 Å². The first-order valence-electron chi connectivity index (χ1n) is 8.53. The second-order valence-electron chi connectivity index (χ2n) is 6.38. The van der Waals surface area contributed by atoms with Crippen molar-refractivity contribution in [2.75, 3.05) is 18.8 Å². The van der Waals surface area contributed by atoms with E-state index >= 15 is 0 Å². The molecule has 1 unspecified atom stereocenters. The van der Waals surface area contributed by atoms with Crippen LogP contribution < -0.4 is 11.5 Å². The Balaban J connectivity index is 2.32. The predicted molar refractivity (Wildman–Crippen MR) is 98.7 cm³/mol. The van der Waals surface area contributed by atoms with Crippen molar-refractivity contribution < 1.29 is 22.4 Å². The van der Waals surface area contributed by atoms with Gasteiger partial charge in [-0.05, 0) is 25.1 Å². The van der Waals surface area contributed by atoms with Gasteiger partial charge in [0.15, 0.2) is 17.9 Å². The summed E-state index contributed by atoms with van der Waals surface area (Å²) in [6.07, 6.45) is -1.77. The van der Waals surface area contributed by atoms with Crippen LogP contribution in [0.15, 0.2) is 54.2 Å². The fourth-order valence-corrected chi connectivity index (χ4v) is 3.59. The molecule has 2 aromatic rings. The lowest BCUT2D eigenvalue weighted by molar-refractivity contribution is -0.797. The SMILES string of the molecule is CC[N+]1(CC(F)(F)F)C(c2ccnc(N)n2)=CC(C(N)=O)=C1c1ccccc1. The minimum Gasteiger partial charge on any atom is -0.368 e. The van der Waals surface area contributed by atoms with E-state index in [1.54, 1.807) is 37.3 Å². The zero-order valence-corrected chi connectivity index (χ0v) is 15.1. The lowest BCUT2D eigenvalue weighted by Gasteiger charge is -2.38. The number of carbonyl (C=O) groups is 1. The van der Waals surface area contributed by atoms with E-state index < -0.39 is 23.1 Å². The van der Waals surface area contributed by atoms with Gasteiger partial charge in [0.1, 0.15) is 11.3 Å². The summed E-state index contributed by atoms with van der Waals surface area (Å²) in [5.74, 6) is -0.887. The predicted octanol–water partition coefficient (Wildman–Crippen LogP) is 2.71. The molecule has 0 spiro atoms. The molecule has 1 aliphatic rings. The van der Waals surface area contributed by atoms with Crippen molar-refractivity contribution in [1.29, 1.82) is 0 Å². The number of primary amides is 1. The topological polar surface area (TPSA) is 94.9 Å². The first-order valence-corrected chi connectivity index (χ1v) is 8.53. The molecule has 28 heavy (non-hydrogen) atoms. The maximum atomic E-state index is 13.7. The Bertz CT molecular complexity index is 969. The Hall–Kier alpha value is -3.20. The molecule has 1 aliphatic heterocycles. The van der Waals surface area contributed by atoms with Crippen molar-refractivity contribution in [2.24, 2.45) is 5.73 Å². The summed E-state index contributed by atoms with van der Waals surface area (Å²) in [4.78, 5) is 20.1. The Kier molecular flexibility index (Phi) is 4.95. The van der Waals surface area contributed by atoms with Crippen LogP contribution in [0, 0.1) is 0 Å². The van der Waals surface area contributed by atoms with Crippen LogP contribution in [0.4, 0.5) is 19.1 Å². The van der Waals surface area contributed by atoms with Crippen LogP contribution >= 0.6 is 0 Å². The van der Waals surface area contributed by atoms with Gasteiger partial charge in [0.25, 0.3) is 5.91 Å². The molecule has 1 amide bonds. The highest BCUT2D eigenvalue weighted by Crippen LogP contribution is 2.47. The Labute approximate surface area is 159 Å². The number of aromatic nitrogens is 2. The summed E-state index contributed by atoms with van der Waals surface area (Å²) in [5, 5.41) is 0. The van der Waals surface area contributed by atoms with Crippen molar-refractivity contribution in [1.82, 2.24) is 9.97 Å². The number of anilines is 1. The third kappa shape index (κ3) is 3.48. The van der Waals surface area contributed by atoms with Crippen molar-refractivity contribution >= 4 is 23.2 Å². The first-order chi connectivity index (χ1) is 13.2. The van der Waals surface area contributed by atoms with Crippen molar-refractivity contribution in [3.8, 4) is 0 Å². The summed E-state index contributed by atoms with van der Waals surface area (Å²) >= 11 is 0. The fourth-order valence-electron chi connectivity index (χ4n) is 3.59. The monoisotopic (exact) mass is 390 g/mol. The van der Waals surface area contributed by atoms with Gasteiger partial charge < -0.3 is 11.5 Å². The molecule has 2 heterocycles. The van der Waals surface area contributed by atoms with Gasteiger partial charge in [0.05, 0.1) is 6.54 Å². The minimum absolute atomic E-state index is 0.0180. The summed E-state index contributed by atoms with van der Waals surface area (Å²) in [7, 11) is 0. The molecule has 1 aromatic heterocycles. The minimum atomic E-state index is -4.51. The van der Waals surface area contributed by atoms with Gasteiger partial charge in [-0.2, -0.15) is 13.2 Å². The zero-order valence-electron chi connectivity index (χ0n) is 15.1. The van der Waals surface area contributed by atoms with Crippen molar-refractivity contribution in [3.05, 3.63) is 65.5 Å². The fraction of sp³-hybridized carbons (Fsp3) is 0.211. The lowest BCUT2D eigenvalue weighted by Crippen LogP contribution is -2.49. The van der Waals surface area contributed by atoms with Crippen LogP contribution in [0.1, 0.15) is 18.2 Å². The van der Waals surface area contributed by atoms with E-state index in [9.17, 15) is 18.0 Å². The molecule has 0 bridgehead atoms. The summed E-state index contributed by atoms with van der Waals surface area (Å²) in [6, 6.07) is 9.91. The summed E-state index contributed by atoms with van der Waals surface area (Å²) < 4.78 is 40.4. The number of benzene rings is 1. The number of alkyl halides is 3. The molecule has 4 N–H and O–H groups in total. The summed E-state index contributed by atoms with van der Waals surface area (Å²) in [6.45, 7) is 0.424. The van der Waals surface area contributed by atoms with E-state index in [1.165, 1.54) is 18.3 Å². The maximum Gasteiger partial charge on any atom is 0.439 e. The van der Waals surface area contributed by atoms with Gasteiger partial charge in [0.2, 0.25) is 5.95 Å². The molecule has 3 rings (SSSR count).